The van der Waals surface area contributed by atoms with Gasteiger partial charge in [0, 0.05) is 0 Å². The molecular formula is C10H16O10. The van der Waals surface area contributed by atoms with Crippen molar-refractivity contribution in [2.24, 2.45) is 0 Å². The highest BCUT2D eigenvalue weighted by atomic mass is 16.4. The smallest absolute Gasteiger partial charge is 0.336 e. The summed E-state index contributed by atoms with van der Waals surface area (Å²) < 4.78 is 0. The van der Waals surface area contributed by atoms with E-state index in [4.69, 9.17) is 30.6 Å². The third-order valence-corrected chi connectivity index (χ3v) is 1.76. The number of aliphatic carboxylic acids is 4. The lowest BCUT2D eigenvalue weighted by molar-refractivity contribution is -0.170. The third kappa shape index (κ3) is 10.9. The number of aliphatic hydroxyl groups excluding tert-OH is 1. The van der Waals surface area contributed by atoms with Crippen LogP contribution in [0.1, 0.15) is 26.2 Å². The fraction of sp³-hybridized carbons (Fsp3) is 0.600. The molecule has 1 atom stereocenters. The average molecular weight is 296 g/mol. The summed E-state index contributed by atoms with van der Waals surface area (Å²) in [4.78, 5) is 40.1. The van der Waals surface area contributed by atoms with Crippen LogP contribution in [-0.2, 0) is 19.2 Å². The molecule has 0 saturated heterocycles. The summed E-state index contributed by atoms with van der Waals surface area (Å²) in [6.45, 7) is 1.44. The molecule has 6 N–H and O–H groups in total. The fourth-order valence-corrected chi connectivity index (χ4v) is 0.967. The van der Waals surface area contributed by atoms with Crippen molar-refractivity contribution >= 4 is 23.9 Å². The summed E-state index contributed by atoms with van der Waals surface area (Å²) in [5, 5.41) is 50.1. The molecule has 0 amide bonds. The van der Waals surface area contributed by atoms with Crippen molar-refractivity contribution in [2.75, 3.05) is 0 Å². The summed E-state index contributed by atoms with van der Waals surface area (Å²) in [6, 6.07) is 0. The maximum atomic E-state index is 10.3. The first-order chi connectivity index (χ1) is 8.90. The van der Waals surface area contributed by atoms with Crippen LogP contribution >= 0.6 is 0 Å². The Hall–Kier alpha value is -2.20. The van der Waals surface area contributed by atoms with E-state index >= 15 is 0 Å². The van der Waals surface area contributed by atoms with Gasteiger partial charge in [-0.05, 0) is 6.92 Å². The van der Waals surface area contributed by atoms with Crippen LogP contribution in [-0.4, -0.2) is 66.2 Å². The second kappa shape index (κ2) is 8.82. The molecule has 0 saturated carbocycles. The zero-order valence-electron chi connectivity index (χ0n) is 10.5. The molecule has 1 unspecified atom stereocenters. The Balaban J connectivity index is 0. The summed E-state index contributed by atoms with van der Waals surface area (Å²) in [5.41, 5.74) is -2.74. The normalized spacial score (nSPS) is 11.8. The molecule has 0 heterocycles. The Labute approximate surface area is 112 Å². The minimum Gasteiger partial charge on any atom is -0.481 e. The highest BCUT2D eigenvalue weighted by Crippen LogP contribution is 2.15. The zero-order valence-corrected chi connectivity index (χ0v) is 10.5. The second-order valence-electron chi connectivity index (χ2n) is 3.92. The molecule has 0 aromatic carbocycles. The van der Waals surface area contributed by atoms with Gasteiger partial charge in [-0.1, -0.05) is 0 Å². The Kier molecular flexibility index (Phi) is 8.88. The van der Waals surface area contributed by atoms with Gasteiger partial charge in [0.1, 0.15) is 0 Å². The van der Waals surface area contributed by atoms with E-state index in [-0.39, 0.29) is 6.42 Å². The van der Waals surface area contributed by atoms with E-state index < -0.39 is 48.4 Å². The summed E-state index contributed by atoms with van der Waals surface area (Å²) in [7, 11) is 0. The van der Waals surface area contributed by atoms with Crippen molar-refractivity contribution in [2.45, 2.75) is 37.9 Å². The zero-order chi connectivity index (χ0) is 16.5. The van der Waals surface area contributed by atoms with Crippen LogP contribution in [0.4, 0.5) is 0 Å². The lowest BCUT2D eigenvalue weighted by atomic mass is 9.96. The van der Waals surface area contributed by atoms with Gasteiger partial charge in [0.25, 0.3) is 0 Å². The van der Waals surface area contributed by atoms with Gasteiger partial charge < -0.3 is 30.6 Å². The molecule has 10 nitrogen and oxygen atoms in total. The highest BCUT2D eigenvalue weighted by molar-refractivity contribution is 5.88. The number of aliphatic hydroxyl groups is 2. The molecule has 0 aliphatic heterocycles. The maximum absolute atomic E-state index is 10.3. The first-order valence-corrected chi connectivity index (χ1v) is 5.20. The van der Waals surface area contributed by atoms with Crippen molar-refractivity contribution < 1.29 is 49.8 Å². The molecule has 0 spiro atoms. The first kappa shape index (κ1) is 20.1. The molecule has 20 heavy (non-hydrogen) atoms. The van der Waals surface area contributed by atoms with Gasteiger partial charge in [-0.15, -0.1) is 0 Å². The van der Waals surface area contributed by atoms with Crippen LogP contribution in [0.5, 0.6) is 0 Å². The summed E-state index contributed by atoms with van der Waals surface area (Å²) in [5.74, 6) is -5.98. The Morgan fingerprint density at radius 1 is 0.900 bits per heavy atom. The van der Waals surface area contributed by atoms with E-state index in [1.165, 1.54) is 6.92 Å². The van der Waals surface area contributed by atoms with Crippen LogP contribution < -0.4 is 0 Å². The largest absolute Gasteiger partial charge is 0.481 e. The quantitative estimate of drug-likeness (QED) is 0.325. The van der Waals surface area contributed by atoms with Crippen molar-refractivity contribution in [1.29, 1.82) is 0 Å². The Morgan fingerprint density at radius 2 is 1.25 bits per heavy atom. The van der Waals surface area contributed by atoms with Gasteiger partial charge in [-0.3, -0.25) is 14.4 Å². The molecular weight excluding hydrogens is 280 g/mol. The van der Waals surface area contributed by atoms with Crippen LogP contribution in [0.15, 0.2) is 0 Å². The van der Waals surface area contributed by atoms with E-state index in [0.717, 1.165) is 0 Å². The lowest BCUT2D eigenvalue weighted by Crippen LogP contribution is -2.42. The van der Waals surface area contributed by atoms with E-state index in [9.17, 15) is 19.2 Å². The minimum absolute atomic E-state index is 0.167. The third-order valence-electron chi connectivity index (χ3n) is 1.76. The Bertz CT molecular complexity index is 356. The van der Waals surface area contributed by atoms with E-state index in [0.29, 0.717) is 0 Å². The monoisotopic (exact) mass is 296 g/mol. The number of rotatable bonds is 7. The Morgan fingerprint density at radius 3 is 1.35 bits per heavy atom. The van der Waals surface area contributed by atoms with Crippen LogP contribution in [0.3, 0.4) is 0 Å². The molecule has 0 aliphatic rings. The highest BCUT2D eigenvalue weighted by Gasteiger charge is 2.40. The topological polar surface area (TPSA) is 190 Å². The van der Waals surface area contributed by atoms with Gasteiger partial charge in [0.2, 0.25) is 0 Å². The van der Waals surface area contributed by atoms with E-state index in [2.05, 4.69) is 0 Å². The van der Waals surface area contributed by atoms with Gasteiger partial charge in [-0.2, -0.15) is 0 Å². The molecule has 0 rings (SSSR count). The van der Waals surface area contributed by atoms with Crippen molar-refractivity contribution in [1.82, 2.24) is 0 Å². The van der Waals surface area contributed by atoms with Crippen LogP contribution in [0.2, 0.25) is 0 Å². The molecule has 0 bridgehead atoms. The molecule has 0 aromatic rings. The molecule has 0 aliphatic carbocycles. The van der Waals surface area contributed by atoms with Crippen LogP contribution in [0.25, 0.3) is 0 Å². The van der Waals surface area contributed by atoms with E-state index in [1.807, 2.05) is 0 Å². The molecule has 0 radical (unpaired) electrons. The standard InChI is InChI=1S/C6H8O7.C4H8O3/c7-3(8)1-6(13,5(11)12)2-4(9)10;1-3(5)2-4(6)7/h13H,1-2H2,(H,7,8)(H,9,10)(H,11,12);3,5H,2H2,1H3,(H,6,7). The van der Waals surface area contributed by atoms with Crippen molar-refractivity contribution in [3.8, 4) is 0 Å². The van der Waals surface area contributed by atoms with Crippen LogP contribution in [0, 0.1) is 0 Å². The van der Waals surface area contributed by atoms with Gasteiger partial charge >= 0.3 is 23.9 Å². The predicted octanol–water partition coefficient (Wildman–Crippen LogP) is -1.41. The fourth-order valence-electron chi connectivity index (χ4n) is 0.967. The number of carboxylic acids is 4. The molecule has 0 fully saturated rings. The number of hydrogen-bond donors (Lipinski definition) is 6. The maximum Gasteiger partial charge on any atom is 0.336 e. The molecule has 0 aromatic heterocycles. The van der Waals surface area contributed by atoms with Gasteiger partial charge in [-0.25, -0.2) is 4.79 Å². The average Bonchev–Trinajstić information content (AvgIpc) is 2.12. The van der Waals surface area contributed by atoms with Gasteiger partial charge in [0.05, 0.1) is 25.4 Å². The number of carboxylic acid groups (broad SMARTS) is 4. The number of carbonyl (C=O) groups is 4. The van der Waals surface area contributed by atoms with E-state index in [1.54, 1.807) is 0 Å². The SMILES string of the molecule is CC(O)CC(=O)O.O=C(O)CC(O)(CC(=O)O)C(=O)O. The van der Waals surface area contributed by atoms with Gasteiger partial charge in [0.15, 0.2) is 5.60 Å². The first-order valence-electron chi connectivity index (χ1n) is 5.20. The summed E-state index contributed by atoms with van der Waals surface area (Å²) >= 11 is 0. The molecule has 10 heteroatoms. The summed E-state index contributed by atoms with van der Waals surface area (Å²) in [6.07, 6.45) is -3.18. The van der Waals surface area contributed by atoms with Crippen molar-refractivity contribution in [3.05, 3.63) is 0 Å². The van der Waals surface area contributed by atoms with Crippen molar-refractivity contribution in [3.63, 3.8) is 0 Å². The predicted molar refractivity (Wildman–Crippen MR) is 61.0 cm³/mol. The minimum atomic E-state index is -2.74. The molecule has 116 valence electrons. The second-order valence-corrected chi connectivity index (χ2v) is 3.92. The lowest BCUT2D eigenvalue weighted by Gasteiger charge is -2.18. The number of hydrogen-bond acceptors (Lipinski definition) is 6.